The van der Waals surface area contributed by atoms with Gasteiger partial charge < -0.3 is 23.9 Å². The average molecular weight is 389 g/mol. The minimum Gasteiger partial charge on any atom is -0.454 e. The lowest BCUT2D eigenvalue weighted by Crippen LogP contribution is -2.34. The van der Waals surface area contributed by atoms with Gasteiger partial charge in [0.15, 0.2) is 5.76 Å². The lowest BCUT2D eigenvalue weighted by molar-refractivity contribution is -0.135. The number of furan rings is 1. The van der Waals surface area contributed by atoms with Crippen LogP contribution in [0.4, 0.5) is 0 Å². The van der Waals surface area contributed by atoms with Gasteiger partial charge in [-0.2, -0.15) is 0 Å². The van der Waals surface area contributed by atoms with E-state index in [1.54, 1.807) is 11.0 Å². The lowest BCUT2D eigenvalue weighted by atomic mass is 10.2. The van der Waals surface area contributed by atoms with Crippen LogP contribution in [0.3, 0.4) is 0 Å². The molecule has 0 fully saturated rings. The zero-order valence-corrected chi connectivity index (χ0v) is 17.2. The number of aromatic nitrogens is 1. The quantitative estimate of drug-likeness (QED) is 0.641. The maximum absolute atomic E-state index is 12.2. The molecule has 0 saturated heterocycles. The summed E-state index contributed by atoms with van der Waals surface area (Å²) in [5, 5.41) is 2.90. The highest BCUT2D eigenvalue weighted by molar-refractivity contribution is 5.91. The second-order valence-corrected chi connectivity index (χ2v) is 6.92. The third kappa shape index (κ3) is 5.99. The molecule has 28 heavy (non-hydrogen) atoms. The Labute approximate surface area is 166 Å². The summed E-state index contributed by atoms with van der Waals surface area (Å²) in [7, 11) is 1.52. The first-order chi connectivity index (χ1) is 13.5. The molecule has 2 amide bonds. The summed E-state index contributed by atoms with van der Waals surface area (Å²) in [5.41, 5.74) is 1.000. The molecule has 0 aliphatic heterocycles. The predicted octanol–water partition coefficient (Wildman–Crippen LogP) is 3.04. The average Bonchev–Trinajstić information content (AvgIpc) is 3.31. The molecule has 1 atom stereocenters. The number of amides is 2. The molecule has 0 spiro atoms. The number of rotatable bonds is 11. The highest BCUT2D eigenvalue weighted by Gasteiger charge is 2.16. The van der Waals surface area contributed by atoms with Crippen LogP contribution in [0, 0.1) is 0 Å². The second kappa shape index (κ2) is 10.7. The van der Waals surface area contributed by atoms with Crippen LogP contribution in [0.15, 0.2) is 34.9 Å². The van der Waals surface area contributed by atoms with Gasteiger partial charge in [0.05, 0.1) is 13.1 Å². The van der Waals surface area contributed by atoms with Crippen LogP contribution in [-0.2, 0) is 22.6 Å². The van der Waals surface area contributed by atoms with Gasteiger partial charge >= 0.3 is 0 Å². The van der Waals surface area contributed by atoms with E-state index in [1.165, 1.54) is 7.11 Å². The van der Waals surface area contributed by atoms with Gasteiger partial charge in [0.2, 0.25) is 5.91 Å². The molecule has 2 rings (SSSR count). The molecule has 154 valence electrons. The Morgan fingerprint density at radius 2 is 2.07 bits per heavy atom. The van der Waals surface area contributed by atoms with Gasteiger partial charge in [0.25, 0.3) is 5.91 Å². The molecule has 0 aromatic carbocycles. The fraction of sp³-hybridized carbons (Fsp3) is 0.524. The fourth-order valence-corrected chi connectivity index (χ4v) is 2.87. The van der Waals surface area contributed by atoms with Crippen LogP contribution < -0.4 is 5.32 Å². The molecule has 7 nitrogen and oxygen atoms in total. The van der Waals surface area contributed by atoms with Gasteiger partial charge in [0.1, 0.15) is 12.4 Å². The topological polar surface area (TPSA) is 76.7 Å². The molecule has 0 bridgehead atoms. The van der Waals surface area contributed by atoms with E-state index in [4.69, 9.17) is 9.15 Å². The minimum absolute atomic E-state index is 0.0286. The smallest absolute Gasteiger partial charge is 0.287 e. The number of carbonyl (C=O) groups is 2. The molecule has 2 aromatic heterocycles. The Bertz CT molecular complexity index is 765. The fourth-order valence-electron chi connectivity index (χ4n) is 2.87. The third-order valence-electron chi connectivity index (χ3n) is 4.59. The highest BCUT2D eigenvalue weighted by Crippen LogP contribution is 2.14. The number of methoxy groups -OCH3 is 1. The first-order valence-electron chi connectivity index (χ1n) is 9.78. The van der Waals surface area contributed by atoms with Crippen molar-refractivity contribution in [1.29, 1.82) is 0 Å². The molecule has 7 heteroatoms. The maximum Gasteiger partial charge on any atom is 0.287 e. The molecular formula is C21H31N3O4. The Morgan fingerprint density at radius 1 is 1.29 bits per heavy atom. The van der Waals surface area contributed by atoms with Crippen LogP contribution >= 0.6 is 0 Å². The number of nitrogens with one attached hydrogen (secondary N) is 1. The van der Waals surface area contributed by atoms with Gasteiger partial charge in [-0.05, 0) is 44.0 Å². The van der Waals surface area contributed by atoms with Crippen molar-refractivity contribution in [3.05, 3.63) is 47.7 Å². The van der Waals surface area contributed by atoms with Crippen molar-refractivity contribution in [3.8, 4) is 0 Å². The van der Waals surface area contributed by atoms with Crippen molar-refractivity contribution in [2.24, 2.45) is 0 Å². The number of nitrogens with zero attached hydrogens (tertiary/aromatic N) is 2. The number of hydrogen-bond donors (Lipinski definition) is 1. The largest absolute Gasteiger partial charge is 0.454 e. The number of hydrogen-bond acceptors (Lipinski definition) is 4. The summed E-state index contributed by atoms with van der Waals surface area (Å²) in [4.78, 5) is 26.2. The summed E-state index contributed by atoms with van der Waals surface area (Å²) >= 11 is 0. The summed E-state index contributed by atoms with van der Waals surface area (Å²) in [6.07, 6.45) is 3.69. The van der Waals surface area contributed by atoms with E-state index < -0.39 is 0 Å². The van der Waals surface area contributed by atoms with E-state index in [1.807, 2.05) is 49.7 Å². The highest BCUT2D eigenvalue weighted by atomic mass is 16.5. The van der Waals surface area contributed by atoms with Crippen LogP contribution in [0.1, 0.15) is 55.6 Å². The van der Waals surface area contributed by atoms with E-state index in [0.29, 0.717) is 31.2 Å². The number of ether oxygens (including phenoxy) is 1. The normalized spacial score (nSPS) is 12.0. The Balaban J connectivity index is 2.05. The zero-order chi connectivity index (χ0) is 20.5. The summed E-state index contributed by atoms with van der Waals surface area (Å²) < 4.78 is 12.7. The standard InChI is InChI=1S/C21H31N3O4/c1-5-11-24(20(25)15-27-4)13-17-8-7-12-23(17)14-18-9-10-19(28-18)21(26)22-16(3)6-2/h7-10,12,16H,5-6,11,13-15H2,1-4H3,(H,22,26)/t16-/m0/s1. The van der Waals surface area contributed by atoms with Crippen molar-refractivity contribution in [2.75, 3.05) is 20.3 Å². The predicted molar refractivity (Wildman–Crippen MR) is 107 cm³/mol. The number of carbonyl (C=O) groups excluding carboxylic acids is 2. The van der Waals surface area contributed by atoms with Gasteiger partial charge in [0, 0.05) is 31.6 Å². The minimum atomic E-state index is -0.201. The Hall–Kier alpha value is -2.54. The summed E-state index contributed by atoms with van der Waals surface area (Å²) in [5.74, 6) is 0.774. The van der Waals surface area contributed by atoms with Crippen LogP contribution in [0.5, 0.6) is 0 Å². The first-order valence-corrected chi connectivity index (χ1v) is 9.78. The summed E-state index contributed by atoms with van der Waals surface area (Å²) in [6.45, 7) is 7.77. The molecule has 0 aliphatic rings. The van der Waals surface area contributed by atoms with Crippen LogP contribution in [-0.4, -0.2) is 47.6 Å². The van der Waals surface area contributed by atoms with Gasteiger partial charge in [-0.25, -0.2) is 0 Å². The van der Waals surface area contributed by atoms with Crippen molar-refractivity contribution >= 4 is 11.8 Å². The van der Waals surface area contributed by atoms with Crippen molar-refractivity contribution < 1.29 is 18.7 Å². The van der Waals surface area contributed by atoms with Gasteiger partial charge in [-0.15, -0.1) is 0 Å². The molecule has 0 saturated carbocycles. The van der Waals surface area contributed by atoms with Crippen LogP contribution in [0.25, 0.3) is 0 Å². The first kappa shape index (κ1) is 21.8. The second-order valence-electron chi connectivity index (χ2n) is 6.92. The monoisotopic (exact) mass is 389 g/mol. The van der Waals surface area contributed by atoms with E-state index in [2.05, 4.69) is 5.32 Å². The molecule has 0 aliphatic carbocycles. The van der Waals surface area contributed by atoms with E-state index in [-0.39, 0.29) is 24.5 Å². The van der Waals surface area contributed by atoms with E-state index in [9.17, 15) is 9.59 Å². The van der Waals surface area contributed by atoms with E-state index >= 15 is 0 Å². The van der Waals surface area contributed by atoms with E-state index in [0.717, 1.165) is 18.5 Å². The van der Waals surface area contributed by atoms with Gasteiger partial charge in [-0.3, -0.25) is 9.59 Å². The Kier molecular flexibility index (Phi) is 8.32. The van der Waals surface area contributed by atoms with Crippen molar-refractivity contribution in [3.63, 3.8) is 0 Å². The molecule has 1 N–H and O–H groups in total. The van der Waals surface area contributed by atoms with Gasteiger partial charge in [-0.1, -0.05) is 13.8 Å². The summed E-state index contributed by atoms with van der Waals surface area (Å²) in [6, 6.07) is 7.55. The lowest BCUT2D eigenvalue weighted by Gasteiger charge is -2.22. The van der Waals surface area contributed by atoms with Crippen molar-refractivity contribution in [1.82, 2.24) is 14.8 Å². The van der Waals surface area contributed by atoms with Crippen molar-refractivity contribution in [2.45, 2.75) is 52.7 Å². The Morgan fingerprint density at radius 3 is 2.75 bits per heavy atom. The zero-order valence-electron chi connectivity index (χ0n) is 17.2. The molecule has 2 aromatic rings. The molecule has 0 unspecified atom stereocenters. The SMILES string of the molecule is CCCN(Cc1cccn1Cc1ccc(C(=O)N[C@@H](C)CC)o1)C(=O)COC. The maximum atomic E-state index is 12.2. The molecule has 0 radical (unpaired) electrons. The third-order valence-corrected chi connectivity index (χ3v) is 4.59. The molecule has 2 heterocycles. The molecular weight excluding hydrogens is 358 g/mol. The van der Waals surface area contributed by atoms with Crippen LogP contribution in [0.2, 0.25) is 0 Å².